The van der Waals surface area contributed by atoms with Gasteiger partial charge in [0.25, 0.3) is 0 Å². The van der Waals surface area contributed by atoms with Crippen molar-refractivity contribution in [1.29, 1.82) is 0 Å². The van der Waals surface area contributed by atoms with Crippen molar-refractivity contribution in [2.24, 2.45) is 17.8 Å². The van der Waals surface area contributed by atoms with Crippen LogP contribution in [0.2, 0.25) is 0 Å². The molecular weight excluding hydrogens is 458 g/mol. The van der Waals surface area contributed by atoms with E-state index >= 15 is 0 Å². The number of rotatable bonds is 24. The normalized spacial score (nSPS) is 15.9. The number of hydrogen-bond donors (Lipinski definition) is 2. The molecule has 2 N–H and O–H groups in total. The highest BCUT2D eigenvalue weighted by atomic mass is 16.4. The van der Waals surface area contributed by atoms with Gasteiger partial charge < -0.3 is 24.6 Å². The molecule has 0 aromatic rings. The van der Waals surface area contributed by atoms with Crippen LogP contribution in [0, 0.1) is 17.8 Å². The number of quaternary nitrogens is 1. The largest absolute Gasteiger partial charge is 0.550 e. The van der Waals surface area contributed by atoms with Crippen LogP contribution in [0.3, 0.4) is 0 Å². The highest BCUT2D eigenvalue weighted by molar-refractivity contribution is 5.70. The Balaban J connectivity index is 5.22. The Morgan fingerprint density at radius 1 is 0.667 bits per heavy atom. The van der Waals surface area contributed by atoms with Gasteiger partial charge in [-0.25, -0.2) is 0 Å². The summed E-state index contributed by atoms with van der Waals surface area (Å²) in [6.45, 7) is 8.90. The minimum Gasteiger partial charge on any atom is -0.550 e. The Bertz CT molecular complexity index is 588. The van der Waals surface area contributed by atoms with E-state index in [2.05, 4.69) is 19.1 Å². The van der Waals surface area contributed by atoms with Crippen LogP contribution in [-0.2, 0) is 14.4 Å². The molecule has 0 fully saturated rings. The van der Waals surface area contributed by atoms with Crippen LogP contribution in [0.15, 0.2) is 12.2 Å². The van der Waals surface area contributed by atoms with E-state index in [4.69, 9.17) is 0 Å². The molecule has 210 valence electrons. The molecule has 0 aromatic carbocycles. The molecule has 36 heavy (non-hydrogen) atoms. The fourth-order valence-electron chi connectivity index (χ4n) is 5.09. The van der Waals surface area contributed by atoms with Gasteiger partial charge in [-0.3, -0.25) is 9.59 Å². The van der Waals surface area contributed by atoms with Crippen molar-refractivity contribution in [1.82, 2.24) is 0 Å². The van der Waals surface area contributed by atoms with Gasteiger partial charge in [-0.05, 0) is 51.4 Å². The maximum Gasteiger partial charge on any atom is 0.312 e. The van der Waals surface area contributed by atoms with Crippen LogP contribution < -0.4 is 5.11 Å². The summed E-state index contributed by atoms with van der Waals surface area (Å²) in [6.07, 6.45) is 16.9. The Kier molecular flexibility index (Phi) is 19.1. The maximum atomic E-state index is 11.9. The SMILES string of the molecule is CC/C=C/CCCCCCCCCC[N+](CC(CC)C(=O)[O-])(CC(CC)C(=O)O)CC(CC)C(=O)O. The molecule has 0 aliphatic carbocycles. The molecule has 7 heteroatoms. The van der Waals surface area contributed by atoms with E-state index < -0.39 is 35.7 Å². The Morgan fingerprint density at radius 3 is 1.47 bits per heavy atom. The van der Waals surface area contributed by atoms with Crippen LogP contribution in [0.4, 0.5) is 0 Å². The molecule has 0 aromatic heterocycles. The molecule has 0 amide bonds. The van der Waals surface area contributed by atoms with E-state index in [1.165, 1.54) is 25.7 Å². The second kappa shape index (κ2) is 20.2. The van der Waals surface area contributed by atoms with Gasteiger partial charge in [0.05, 0.1) is 32.1 Å². The molecule has 3 atom stereocenters. The number of nitrogens with zero attached hydrogens (tertiary/aromatic N) is 1. The van der Waals surface area contributed by atoms with E-state index in [1.54, 1.807) is 6.92 Å². The van der Waals surface area contributed by atoms with E-state index in [-0.39, 0.29) is 24.1 Å². The van der Waals surface area contributed by atoms with Crippen LogP contribution in [0.25, 0.3) is 0 Å². The molecule has 0 heterocycles. The Labute approximate surface area is 219 Å². The quantitative estimate of drug-likeness (QED) is 0.104. The zero-order chi connectivity index (χ0) is 27.4. The number of carbonyl (C=O) groups is 3. The summed E-state index contributed by atoms with van der Waals surface area (Å²) in [5.74, 6) is -4.96. The molecule has 0 bridgehead atoms. The number of carboxylic acid groups (broad SMARTS) is 3. The molecule has 0 saturated heterocycles. The average molecular weight is 512 g/mol. The minimum absolute atomic E-state index is 0.216. The second-order valence-corrected chi connectivity index (χ2v) is 10.4. The molecule has 3 unspecified atom stereocenters. The van der Waals surface area contributed by atoms with Gasteiger partial charge in [0.2, 0.25) is 0 Å². The first-order valence-corrected chi connectivity index (χ1v) is 14.3. The standard InChI is InChI=1S/C29H53NO6/c1-5-9-10-11-12-13-14-15-16-17-18-19-20-30(21-24(6-2)27(31)32,22-25(7-3)28(33)34)23-26(8-4)29(35)36/h9-10,24-26H,5-8,11-23H2,1-4H3,(H2-,31,32,33,34,35,36)/b10-9+. The van der Waals surface area contributed by atoms with E-state index in [9.17, 15) is 29.7 Å². The van der Waals surface area contributed by atoms with Crippen molar-refractivity contribution < 1.29 is 34.2 Å². The third kappa shape index (κ3) is 14.6. The van der Waals surface area contributed by atoms with Gasteiger partial charge in [-0.1, -0.05) is 72.0 Å². The topological polar surface area (TPSA) is 115 Å². The van der Waals surface area contributed by atoms with Crippen molar-refractivity contribution in [3.05, 3.63) is 12.2 Å². The summed E-state index contributed by atoms with van der Waals surface area (Å²) in [5.41, 5.74) is 0. The molecule has 7 nitrogen and oxygen atoms in total. The molecule has 0 aliphatic heterocycles. The van der Waals surface area contributed by atoms with Crippen molar-refractivity contribution >= 4 is 17.9 Å². The summed E-state index contributed by atoms with van der Waals surface area (Å²) in [5, 5.41) is 31.3. The molecule has 0 rings (SSSR count). The second-order valence-electron chi connectivity index (χ2n) is 10.4. The van der Waals surface area contributed by atoms with Gasteiger partial charge in [0.15, 0.2) is 0 Å². The molecular formula is C29H53NO6. The number of aliphatic carboxylic acids is 3. The monoisotopic (exact) mass is 511 g/mol. The van der Waals surface area contributed by atoms with Crippen molar-refractivity contribution in [3.63, 3.8) is 0 Å². The first-order chi connectivity index (χ1) is 17.2. The number of carboxylic acids is 3. The third-order valence-corrected chi connectivity index (χ3v) is 7.49. The fourth-order valence-corrected chi connectivity index (χ4v) is 5.09. The minimum atomic E-state index is -1.14. The van der Waals surface area contributed by atoms with Gasteiger partial charge in [0.1, 0.15) is 11.8 Å². The predicted octanol–water partition coefficient (Wildman–Crippen LogP) is 5.28. The van der Waals surface area contributed by atoms with Gasteiger partial charge in [-0.15, -0.1) is 0 Å². The third-order valence-electron chi connectivity index (χ3n) is 7.49. The lowest BCUT2D eigenvalue weighted by Crippen LogP contribution is -2.59. The van der Waals surface area contributed by atoms with Gasteiger partial charge in [0, 0.05) is 5.92 Å². The smallest absolute Gasteiger partial charge is 0.312 e. The Hall–Kier alpha value is -1.89. The lowest BCUT2D eigenvalue weighted by molar-refractivity contribution is -0.935. The fraction of sp³-hybridized carbons (Fsp3) is 0.828. The van der Waals surface area contributed by atoms with Gasteiger partial charge >= 0.3 is 11.9 Å². The highest BCUT2D eigenvalue weighted by Crippen LogP contribution is 2.25. The van der Waals surface area contributed by atoms with E-state index in [0.717, 1.165) is 38.5 Å². The summed E-state index contributed by atoms with van der Waals surface area (Å²) in [6, 6.07) is 0. The molecule has 0 radical (unpaired) electrons. The summed E-state index contributed by atoms with van der Waals surface area (Å²) in [7, 11) is 0. The zero-order valence-electron chi connectivity index (χ0n) is 23.4. The first kappa shape index (κ1) is 34.1. The van der Waals surface area contributed by atoms with Crippen LogP contribution in [-0.4, -0.2) is 58.8 Å². The number of carbonyl (C=O) groups excluding carboxylic acids is 1. The zero-order valence-corrected chi connectivity index (χ0v) is 23.4. The molecule has 0 saturated carbocycles. The highest BCUT2D eigenvalue weighted by Gasteiger charge is 2.39. The average Bonchev–Trinajstić information content (AvgIpc) is 2.84. The lowest BCUT2D eigenvalue weighted by atomic mass is 9.95. The number of hydrogen-bond acceptors (Lipinski definition) is 4. The molecule has 0 aliphatic rings. The summed E-state index contributed by atoms with van der Waals surface area (Å²) >= 11 is 0. The first-order valence-electron chi connectivity index (χ1n) is 14.3. The summed E-state index contributed by atoms with van der Waals surface area (Å²) in [4.78, 5) is 35.6. The Morgan fingerprint density at radius 2 is 1.08 bits per heavy atom. The number of unbranched alkanes of at least 4 members (excludes halogenated alkanes) is 8. The van der Waals surface area contributed by atoms with Crippen LogP contribution in [0.5, 0.6) is 0 Å². The van der Waals surface area contributed by atoms with E-state index in [1.807, 2.05) is 13.8 Å². The maximum absolute atomic E-state index is 11.9. The predicted molar refractivity (Wildman–Crippen MR) is 142 cm³/mol. The molecule has 0 spiro atoms. The van der Waals surface area contributed by atoms with Crippen LogP contribution in [0.1, 0.15) is 111 Å². The number of allylic oxidation sites excluding steroid dienone is 2. The van der Waals surface area contributed by atoms with Gasteiger partial charge in [-0.2, -0.15) is 0 Å². The van der Waals surface area contributed by atoms with Crippen molar-refractivity contribution in [2.75, 3.05) is 26.2 Å². The lowest BCUT2D eigenvalue weighted by Gasteiger charge is -2.44. The van der Waals surface area contributed by atoms with Crippen molar-refractivity contribution in [3.8, 4) is 0 Å². The van der Waals surface area contributed by atoms with E-state index in [0.29, 0.717) is 25.8 Å². The van der Waals surface area contributed by atoms with Crippen LogP contribution >= 0.6 is 0 Å². The van der Waals surface area contributed by atoms with Crippen molar-refractivity contribution in [2.45, 2.75) is 111 Å². The summed E-state index contributed by atoms with van der Waals surface area (Å²) < 4.78 is 0.216.